The Hall–Kier alpha value is -1.35. The molecular formula is C16H26O3. The van der Waals surface area contributed by atoms with Gasteiger partial charge in [0.2, 0.25) is 0 Å². The molecule has 0 saturated carbocycles. The highest BCUT2D eigenvalue weighted by Crippen LogP contribution is 2.19. The summed E-state index contributed by atoms with van der Waals surface area (Å²) in [6.45, 7) is 9.30. The van der Waals surface area contributed by atoms with Gasteiger partial charge in [0.25, 0.3) is 0 Å². The fraction of sp³-hybridized carbons (Fsp3) is 0.562. The fourth-order valence-corrected chi connectivity index (χ4v) is 1.61. The lowest BCUT2D eigenvalue weighted by Gasteiger charge is -2.11. The highest BCUT2D eigenvalue weighted by molar-refractivity contribution is 5.90. The molecule has 0 fully saturated rings. The maximum absolute atomic E-state index is 11.8. The van der Waals surface area contributed by atoms with E-state index in [1.165, 1.54) is 6.92 Å². The molecule has 0 radical (unpaired) electrons. The number of rotatable bonds is 7. The standard InChI is InChI=1S/C16H26O3/c1-6-8-10-12(3)15(11-9-7-2)13(4)16(18)19-14(5)17/h9-11,14,17H,6-8H2,1-5H3/b11-9+,12-10+,15-13-. The van der Waals surface area contributed by atoms with Gasteiger partial charge in [0.15, 0.2) is 6.29 Å². The van der Waals surface area contributed by atoms with Crippen molar-refractivity contribution in [1.29, 1.82) is 0 Å². The monoisotopic (exact) mass is 266 g/mol. The molecule has 0 aromatic heterocycles. The minimum absolute atomic E-state index is 0.477. The number of carbonyl (C=O) groups is 1. The van der Waals surface area contributed by atoms with E-state index in [1.54, 1.807) is 6.92 Å². The van der Waals surface area contributed by atoms with Crippen molar-refractivity contribution < 1.29 is 14.6 Å². The van der Waals surface area contributed by atoms with Crippen LogP contribution >= 0.6 is 0 Å². The summed E-state index contributed by atoms with van der Waals surface area (Å²) in [4.78, 5) is 11.8. The minimum Gasteiger partial charge on any atom is -0.433 e. The third-order valence-corrected chi connectivity index (χ3v) is 2.67. The van der Waals surface area contributed by atoms with Crippen molar-refractivity contribution in [2.45, 2.75) is 60.2 Å². The van der Waals surface area contributed by atoms with Gasteiger partial charge < -0.3 is 9.84 Å². The second-order valence-corrected chi connectivity index (χ2v) is 4.53. The Bertz CT molecular complexity index is 373. The number of carbonyl (C=O) groups excluding carboxylic acids is 1. The van der Waals surface area contributed by atoms with E-state index in [9.17, 15) is 4.79 Å². The van der Waals surface area contributed by atoms with Gasteiger partial charge in [-0.2, -0.15) is 0 Å². The fourth-order valence-electron chi connectivity index (χ4n) is 1.61. The number of aliphatic hydroxyl groups excluding tert-OH is 1. The van der Waals surface area contributed by atoms with Crippen molar-refractivity contribution in [3.8, 4) is 0 Å². The van der Waals surface area contributed by atoms with Gasteiger partial charge >= 0.3 is 5.97 Å². The zero-order chi connectivity index (χ0) is 14.8. The predicted octanol–water partition coefficient (Wildman–Crippen LogP) is 3.90. The lowest BCUT2D eigenvalue weighted by molar-refractivity contribution is -0.159. The van der Waals surface area contributed by atoms with Crippen LogP contribution in [0.3, 0.4) is 0 Å². The Morgan fingerprint density at radius 1 is 1.32 bits per heavy atom. The van der Waals surface area contributed by atoms with Crippen LogP contribution < -0.4 is 0 Å². The number of hydrogen-bond acceptors (Lipinski definition) is 3. The summed E-state index contributed by atoms with van der Waals surface area (Å²) in [6.07, 6.45) is 7.95. The zero-order valence-corrected chi connectivity index (χ0v) is 12.7. The van der Waals surface area contributed by atoms with Crippen molar-refractivity contribution >= 4 is 5.97 Å². The van der Waals surface area contributed by atoms with E-state index in [1.807, 2.05) is 26.0 Å². The summed E-state index contributed by atoms with van der Waals surface area (Å²) in [5.41, 5.74) is 2.46. The molecule has 3 nitrogen and oxygen atoms in total. The first-order valence-electron chi connectivity index (χ1n) is 6.87. The van der Waals surface area contributed by atoms with Gasteiger partial charge in [0.05, 0.1) is 0 Å². The lowest BCUT2D eigenvalue weighted by Crippen LogP contribution is -2.15. The van der Waals surface area contributed by atoms with Crippen molar-refractivity contribution in [2.24, 2.45) is 0 Å². The molecule has 0 saturated heterocycles. The molecule has 0 spiro atoms. The zero-order valence-electron chi connectivity index (χ0n) is 12.7. The minimum atomic E-state index is -1.08. The summed E-state index contributed by atoms with van der Waals surface area (Å²) >= 11 is 0. The molecule has 0 aliphatic carbocycles. The number of ether oxygens (including phenoxy) is 1. The van der Waals surface area contributed by atoms with Crippen molar-refractivity contribution in [3.63, 3.8) is 0 Å². The van der Waals surface area contributed by atoms with E-state index in [-0.39, 0.29) is 0 Å². The maximum atomic E-state index is 11.8. The van der Waals surface area contributed by atoms with Crippen LogP contribution in [0.1, 0.15) is 53.9 Å². The third kappa shape index (κ3) is 6.97. The quantitative estimate of drug-likeness (QED) is 0.329. The Morgan fingerprint density at radius 2 is 1.95 bits per heavy atom. The van der Waals surface area contributed by atoms with Crippen LogP contribution in [-0.4, -0.2) is 17.4 Å². The molecule has 0 aliphatic heterocycles. The van der Waals surface area contributed by atoms with E-state index in [0.717, 1.165) is 30.4 Å². The molecule has 3 heteroatoms. The van der Waals surface area contributed by atoms with Gasteiger partial charge in [-0.05, 0) is 44.8 Å². The first-order chi connectivity index (χ1) is 8.93. The summed E-state index contributed by atoms with van der Waals surface area (Å²) in [7, 11) is 0. The van der Waals surface area contributed by atoms with Crippen LogP contribution in [0.2, 0.25) is 0 Å². The van der Waals surface area contributed by atoms with E-state index in [4.69, 9.17) is 9.84 Å². The number of aliphatic hydroxyl groups is 1. The average Bonchev–Trinajstić information content (AvgIpc) is 2.35. The maximum Gasteiger partial charge on any atom is 0.336 e. The van der Waals surface area contributed by atoms with Crippen LogP contribution in [0.15, 0.2) is 34.9 Å². The SMILES string of the molecule is CC/C=C/C(=C(\C)C(=O)OC(C)O)C(/C)=C/CCC. The summed E-state index contributed by atoms with van der Waals surface area (Å²) < 4.78 is 4.83. The molecule has 0 aliphatic rings. The van der Waals surface area contributed by atoms with Gasteiger partial charge in [-0.25, -0.2) is 4.79 Å². The smallest absolute Gasteiger partial charge is 0.336 e. The van der Waals surface area contributed by atoms with E-state index >= 15 is 0 Å². The molecule has 1 atom stereocenters. The molecule has 108 valence electrons. The second-order valence-electron chi connectivity index (χ2n) is 4.53. The first-order valence-corrected chi connectivity index (χ1v) is 6.87. The molecule has 19 heavy (non-hydrogen) atoms. The number of unbranched alkanes of at least 4 members (excludes halogenated alkanes) is 1. The average molecular weight is 266 g/mol. The Kier molecular flexibility index (Phi) is 8.88. The Balaban J connectivity index is 5.31. The van der Waals surface area contributed by atoms with Gasteiger partial charge in [0.1, 0.15) is 0 Å². The molecule has 0 aromatic rings. The van der Waals surface area contributed by atoms with Gasteiger partial charge in [-0.15, -0.1) is 0 Å². The van der Waals surface area contributed by atoms with E-state index in [0.29, 0.717) is 5.57 Å². The predicted molar refractivity (Wildman–Crippen MR) is 78.6 cm³/mol. The third-order valence-electron chi connectivity index (χ3n) is 2.67. The summed E-state index contributed by atoms with van der Waals surface area (Å²) in [5, 5.41) is 9.11. The molecule has 0 rings (SSSR count). The molecule has 1 unspecified atom stereocenters. The van der Waals surface area contributed by atoms with Crippen LogP contribution in [0, 0.1) is 0 Å². The van der Waals surface area contributed by atoms with Crippen LogP contribution in [-0.2, 0) is 9.53 Å². The van der Waals surface area contributed by atoms with Gasteiger partial charge in [-0.3, -0.25) is 0 Å². The largest absolute Gasteiger partial charge is 0.433 e. The topological polar surface area (TPSA) is 46.5 Å². The molecule has 1 N–H and O–H groups in total. The number of allylic oxidation sites excluding steroid dienone is 5. The van der Waals surface area contributed by atoms with Crippen molar-refractivity contribution in [1.82, 2.24) is 0 Å². The van der Waals surface area contributed by atoms with Gasteiger partial charge in [0, 0.05) is 5.57 Å². The van der Waals surface area contributed by atoms with Crippen molar-refractivity contribution in [3.05, 3.63) is 34.9 Å². The highest BCUT2D eigenvalue weighted by Gasteiger charge is 2.13. The van der Waals surface area contributed by atoms with Crippen LogP contribution in [0.25, 0.3) is 0 Å². The van der Waals surface area contributed by atoms with Crippen LogP contribution in [0.4, 0.5) is 0 Å². The lowest BCUT2D eigenvalue weighted by atomic mass is 10.00. The first kappa shape index (κ1) is 17.6. The molecule has 0 bridgehead atoms. The summed E-state index contributed by atoms with van der Waals surface area (Å²) in [6, 6.07) is 0. The Morgan fingerprint density at radius 3 is 2.42 bits per heavy atom. The summed E-state index contributed by atoms with van der Waals surface area (Å²) in [5.74, 6) is -0.477. The van der Waals surface area contributed by atoms with E-state index < -0.39 is 12.3 Å². The highest BCUT2D eigenvalue weighted by atomic mass is 16.6. The van der Waals surface area contributed by atoms with Crippen LogP contribution in [0.5, 0.6) is 0 Å². The van der Waals surface area contributed by atoms with E-state index in [2.05, 4.69) is 13.0 Å². The molecule has 0 aromatic carbocycles. The molecule has 0 amide bonds. The van der Waals surface area contributed by atoms with Crippen molar-refractivity contribution in [2.75, 3.05) is 0 Å². The number of hydrogen-bond donors (Lipinski definition) is 1. The van der Waals surface area contributed by atoms with Gasteiger partial charge in [-0.1, -0.05) is 38.5 Å². The number of esters is 1. The Labute approximate surface area is 116 Å². The molecular weight excluding hydrogens is 240 g/mol. The normalized spacial score (nSPS) is 15.4. The molecule has 0 heterocycles. The second kappa shape index (κ2) is 9.56.